The van der Waals surface area contributed by atoms with Crippen LogP contribution in [-0.4, -0.2) is 103 Å². The molecule has 0 aliphatic carbocycles. The molecule has 0 spiro atoms. The standard InChI is InChI=1S/C32H44N2O8/c1-35-27-16-23(18-29-31(27)41-21-39-29)14-25(4-3-5-33-6-10-37-11-7-33)26(20-34-8-12-38-13-9-34)15-24-17-28(36-2)32-30(19-24)40-22-42-32/h16-19,25-26H,3-15,20-22H2,1-2H3/t25-,26+/m0/s1. The van der Waals surface area contributed by atoms with Gasteiger partial charge in [-0.1, -0.05) is 0 Å². The maximum atomic E-state index is 5.79. The minimum Gasteiger partial charge on any atom is -0.493 e. The van der Waals surface area contributed by atoms with Gasteiger partial charge in [0.05, 0.1) is 40.6 Å². The van der Waals surface area contributed by atoms with Crippen molar-refractivity contribution >= 4 is 0 Å². The normalized spacial score (nSPS) is 20.0. The van der Waals surface area contributed by atoms with Gasteiger partial charge in [0, 0.05) is 32.7 Å². The number of methoxy groups -OCH3 is 2. The van der Waals surface area contributed by atoms with Crippen LogP contribution in [0.1, 0.15) is 24.0 Å². The smallest absolute Gasteiger partial charge is 0.231 e. The fourth-order valence-electron chi connectivity index (χ4n) is 6.61. The van der Waals surface area contributed by atoms with Crippen molar-refractivity contribution < 1.29 is 37.9 Å². The van der Waals surface area contributed by atoms with E-state index in [0.717, 1.165) is 114 Å². The lowest BCUT2D eigenvalue weighted by Gasteiger charge is -2.35. The Bertz CT molecular complexity index is 1180. The lowest BCUT2D eigenvalue weighted by molar-refractivity contribution is 0.0236. The number of benzene rings is 2. The second kappa shape index (κ2) is 14.0. The van der Waals surface area contributed by atoms with Crippen LogP contribution in [0.3, 0.4) is 0 Å². The fraction of sp³-hybridized carbons (Fsp3) is 0.625. The zero-order valence-electron chi connectivity index (χ0n) is 24.9. The molecule has 42 heavy (non-hydrogen) atoms. The Labute approximate surface area is 248 Å². The van der Waals surface area contributed by atoms with Crippen LogP contribution in [0.4, 0.5) is 0 Å². The van der Waals surface area contributed by atoms with Crippen molar-refractivity contribution in [3.8, 4) is 34.5 Å². The summed E-state index contributed by atoms with van der Waals surface area (Å²) in [5.74, 6) is 5.21. The number of morpholine rings is 2. The Morgan fingerprint density at radius 2 is 1.19 bits per heavy atom. The number of fused-ring (bicyclic) bond motifs is 2. The molecule has 0 unspecified atom stereocenters. The van der Waals surface area contributed by atoms with E-state index in [1.54, 1.807) is 14.2 Å². The first-order chi connectivity index (χ1) is 20.7. The van der Waals surface area contributed by atoms with Crippen LogP contribution in [0.15, 0.2) is 24.3 Å². The minimum absolute atomic E-state index is 0.225. The van der Waals surface area contributed by atoms with E-state index in [1.165, 1.54) is 11.1 Å². The second-order valence-electron chi connectivity index (χ2n) is 11.5. The van der Waals surface area contributed by atoms with Gasteiger partial charge in [-0.15, -0.1) is 0 Å². The van der Waals surface area contributed by atoms with Gasteiger partial charge in [0.2, 0.25) is 25.1 Å². The summed E-state index contributed by atoms with van der Waals surface area (Å²) in [5, 5.41) is 0. The molecule has 0 saturated carbocycles. The van der Waals surface area contributed by atoms with E-state index >= 15 is 0 Å². The van der Waals surface area contributed by atoms with Crippen molar-refractivity contribution in [2.75, 3.05) is 93.5 Å². The predicted molar refractivity (Wildman–Crippen MR) is 156 cm³/mol. The predicted octanol–water partition coefficient (Wildman–Crippen LogP) is 3.62. The number of nitrogens with zero attached hydrogens (tertiary/aromatic N) is 2. The molecule has 2 atom stereocenters. The molecule has 0 N–H and O–H groups in total. The van der Waals surface area contributed by atoms with Crippen LogP contribution in [0, 0.1) is 11.8 Å². The Morgan fingerprint density at radius 1 is 0.667 bits per heavy atom. The molecule has 2 saturated heterocycles. The average Bonchev–Trinajstić information content (AvgIpc) is 3.70. The molecule has 4 heterocycles. The fourth-order valence-corrected chi connectivity index (χ4v) is 6.61. The quantitative estimate of drug-likeness (QED) is 0.348. The van der Waals surface area contributed by atoms with Gasteiger partial charge in [-0.25, -0.2) is 0 Å². The Hall–Kier alpha value is -2.92. The van der Waals surface area contributed by atoms with Gasteiger partial charge < -0.3 is 37.9 Å². The molecular formula is C32H44N2O8. The third-order valence-electron chi connectivity index (χ3n) is 8.85. The van der Waals surface area contributed by atoms with Gasteiger partial charge in [-0.3, -0.25) is 9.80 Å². The molecule has 0 bridgehead atoms. The molecule has 4 aliphatic heterocycles. The summed E-state index contributed by atoms with van der Waals surface area (Å²) in [7, 11) is 3.38. The minimum atomic E-state index is 0.225. The van der Waals surface area contributed by atoms with Crippen molar-refractivity contribution in [2.45, 2.75) is 25.7 Å². The molecular weight excluding hydrogens is 540 g/mol. The maximum absolute atomic E-state index is 5.79. The highest BCUT2D eigenvalue weighted by atomic mass is 16.7. The van der Waals surface area contributed by atoms with Crippen molar-refractivity contribution in [2.24, 2.45) is 11.8 Å². The molecule has 2 aromatic rings. The zero-order valence-corrected chi connectivity index (χ0v) is 24.9. The average molecular weight is 585 g/mol. The largest absolute Gasteiger partial charge is 0.493 e. The van der Waals surface area contributed by atoms with E-state index in [4.69, 9.17) is 37.9 Å². The molecule has 0 aromatic heterocycles. The summed E-state index contributed by atoms with van der Waals surface area (Å²) < 4.78 is 45.6. The molecule has 6 rings (SSSR count). The lowest BCUT2D eigenvalue weighted by atomic mass is 9.79. The van der Waals surface area contributed by atoms with Gasteiger partial charge in [0.25, 0.3) is 0 Å². The topological polar surface area (TPSA) is 80.3 Å². The Balaban J connectivity index is 1.27. The highest BCUT2D eigenvalue weighted by Gasteiger charge is 2.29. The van der Waals surface area contributed by atoms with Crippen LogP contribution in [0.5, 0.6) is 34.5 Å². The van der Waals surface area contributed by atoms with Gasteiger partial charge >= 0.3 is 0 Å². The van der Waals surface area contributed by atoms with Crippen molar-refractivity contribution in [3.63, 3.8) is 0 Å². The summed E-state index contributed by atoms with van der Waals surface area (Å²) in [4.78, 5) is 5.09. The first kappa shape index (κ1) is 29.2. The van der Waals surface area contributed by atoms with Crippen LogP contribution in [-0.2, 0) is 22.3 Å². The molecule has 10 nitrogen and oxygen atoms in total. The van der Waals surface area contributed by atoms with Gasteiger partial charge in [-0.2, -0.15) is 0 Å². The van der Waals surface area contributed by atoms with Crippen molar-refractivity contribution in [1.29, 1.82) is 0 Å². The van der Waals surface area contributed by atoms with E-state index < -0.39 is 0 Å². The van der Waals surface area contributed by atoms with E-state index in [9.17, 15) is 0 Å². The lowest BCUT2D eigenvalue weighted by Crippen LogP contribution is -2.42. The van der Waals surface area contributed by atoms with E-state index in [1.807, 2.05) is 0 Å². The van der Waals surface area contributed by atoms with E-state index in [-0.39, 0.29) is 13.6 Å². The van der Waals surface area contributed by atoms with Crippen LogP contribution in [0.2, 0.25) is 0 Å². The molecule has 230 valence electrons. The number of hydrogen-bond donors (Lipinski definition) is 0. The molecule has 2 fully saturated rings. The summed E-state index contributed by atoms with van der Waals surface area (Å²) in [6, 6.07) is 8.51. The summed E-state index contributed by atoms with van der Waals surface area (Å²) in [5.41, 5.74) is 2.42. The first-order valence-electron chi connectivity index (χ1n) is 15.2. The second-order valence-corrected chi connectivity index (χ2v) is 11.5. The summed E-state index contributed by atoms with van der Waals surface area (Å²) in [6.07, 6.45) is 4.09. The van der Waals surface area contributed by atoms with Gasteiger partial charge in [0.1, 0.15) is 0 Å². The molecule has 4 aliphatic rings. The van der Waals surface area contributed by atoms with Crippen molar-refractivity contribution in [1.82, 2.24) is 9.80 Å². The Morgan fingerprint density at radius 3 is 1.74 bits per heavy atom. The monoisotopic (exact) mass is 584 g/mol. The van der Waals surface area contributed by atoms with E-state index in [2.05, 4.69) is 34.1 Å². The molecule has 0 amide bonds. The van der Waals surface area contributed by atoms with Crippen LogP contribution < -0.4 is 28.4 Å². The zero-order chi connectivity index (χ0) is 28.7. The summed E-state index contributed by atoms with van der Waals surface area (Å²) >= 11 is 0. The van der Waals surface area contributed by atoms with Crippen LogP contribution >= 0.6 is 0 Å². The SMILES string of the molecule is COc1cc(C[C@H](CN2CCOCC2)[C@@H](CCCN2CCOCC2)Cc2cc(OC)c3c(c2)OCO3)cc2c1OCO2. The highest BCUT2D eigenvalue weighted by molar-refractivity contribution is 5.56. The van der Waals surface area contributed by atoms with Gasteiger partial charge in [0.15, 0.2) is 23.0 Å². The van der Waals surface area contributed by atoms with E-state index in [0.29, 0.717) is 23.3 Å². The molecule has 2 aromatic carbocycles. The number of ether oxygens (including phenoxy) is 8. The summed E-state index contributed by atoms with van der Waals surface area (Å²) in [6.45, 7) is 9.70. The van der Waals surface area contributed by atoms with Crippen molar-refractivity contribution in [3.05, 3.63) is 35.4 Å². The maximum Gasteiger partial charge on any atom is 0.231 e. The number of hydrogen-bond acceptors (Lipinski definition) is 10. The van der Waals surface area contributed by atoms with Gasteiger partial charge in [-0.05, 0) is 79.5 Å². The molecule has 10 heteroatoms. The molecule has 0 radical (unpaired) electrons. The number of rotatable bonds is 13. The first-order valence-corrected chi connectivity index (χ1v) is 15.2. The van der Waals surface area contributed by atoms with Crippen LogP contribution in [0.25, 0.3) is 0 Å². The third kappa shape index (κ3) is 6.99. The highest BCUT2D eigenvalue weighted by Crippen LogP contribution is 2.44. The third-order valence-corrected chi connectivity index (χ3v) is 8.85. The Kier molecular flexibility index (Phi) is 9.75.